The van der Waals surface area contributed by atoms with Gasteiger partial charge in [0.25, 0.3) is 5.56 Å². The highest BCUT2D eigenvalue weighted by Crippen LogP contribution is 2.40. The lowest BCUT2D eigenvalue weighted by Crippen LogP contribution is -2.40. The number of halogens is 1. The number of rotatable bonds is 11. The SMILES string of the molecule is CCOC(=O)C1=C(C)N=c2s/c(=C\c3ccc(OCc4ccc(F)cc4)c(OC)c3)c(=O)n2[C@@H]1c1cccc(OC)c1OCC. The second-order valence-corrected chi connectivity index (χ2v) is 10.9. The smallest absolute Gasteiger partial charge is 0.338 e. The fourth-order valence-electron chi connectivity index (χ4n) is 5.08. The molecule has 0 amide bonds. The first kappa shape index (κ1) is 31.5. The van der Waals surface area contributed by atoms with Gasteiger partial charge in [-0.3, -0.25) is 9.36 Å². The van der Waals surface area contributed by atoms with E-state index in [1.54, 1.807) is 56.3 Å². The van der Waals surface area contributed by atoms with Crippen LogP contribution in [0.5, 0.6) is 23.0 Å². The lowest BCUT2D eigenvalue weighted by molar-refractivity contribution is -0.139. The van der Waals surface area contributed by atoms with E-state index < -0.39 is 12.0 Å². The topological polar surface area (TPSA) is 97.6 Å². The molecule has 0 radical (unpaired) electrons. The zero-order chi connectivity index (χ0) is 32.1. The van der Waals surface area contributed by atoms with Gasteiger partial charge in [-0.15, -0.1) is 0 Å². The van der Waals surface area contributed by atoms with E-state index in [9.17, 15) is 14.0 Å². The summed E-state index contributed by atoms with van der Waals surface area (Å²) in [7, 11) is 3.06. The molecule has 1 aliphatic heterocycles. The van der Waals surface area contributed by atoms with Crippen molar-refractivity contribution in [1.29, 1.82) is 0 Å². The fraction of sp³-hybridized carbons (Fsp3) is 0.265. The molecular weight excluding hydrogens is 599 g/mol. The summed E-state index contributed by atoms with van der Waals surface area (Å²) in [5.41, 5.74) is 2.43. The van der Waals surface area contributed by atoms with Crippen molar-refractivity contribution in [1.82, 2.24) is 4.57 Å². The average molecular weight is 633 g/mol. The number of aromatic nitrogens is 1. The van der Waals surface area contributed by atoms with Gasteiger partial charge < -0.3 is 23.7 Å². The van der Waals surface area contributed by atoms with Gasteiger partial charge in [-0.1, -0.05) is 41.7 Å². The molecule has 0 bridgehead atoms. The second-order valence-electron chi connectivity index (χ2n) is 9.94. The summed E-state index contributed by atoms with van der Waals surface area (Å²) < 4.78 is 43.6. The van der Waals surface area contributed by atoms with E-state index in [1.807, 2.05) is 19.1 Å². The summed E-state index contributed by atoms with van der Waals surface area (Å²) in [4.78, 5) is 32.5. The highest BCUT2D eigenvalue weighted by Gasteiger charge is 2.36. The highest BCUT2D eigenvalue weighted by atomic mass is 32.1. The maximum absolute atomic E-state index is 14.1. The molecule has 0 aliphatic carbocycles. The molecule has 4 aromatic rings. The third-order valence-corrected chi connectivity index (χ3v) is 8.11. The molecule has 1 atom stereocenters. The fourth-order valence-corrected chi connectivity index (χ4v) is 6.13. The number of allylic oxidation sites excluding steroid dienone is 1. The zero-order valence-electron chi connectivity index (χ0n) is 25.6. The molecule has 2 heterocycles. The third kappa shape index (κ3) is 6.48. The van der Waals surface area contributed by atoms with Crippen LogP contribution in [0.4, 0.5) is 4.39 Å². The van der Waals surface area contributed by atoms with Crippen LogP contribution >= 0.6 is 11.3 Å². The van der Waals surface area contributed by atoms with Crippen molar-refractivity contribution in [2.45, 2.75) is 33.4 Å². The molecule has 9 nitrogen and oxygen atoms in total. The number of para-hydroxylation sites is 1. The first-order valence-electron chi connectivity index (χ1n) is 14.3. The molecule has 1 aromatic heterocycles. The molecule has 5 rings (SSSR count). The van der Waals surface area contributed by atoms with E-state index in [4.69, 9.17) is 23.7 Å². The van der Waals surface area contributed by atoms with Crippen molar-refractivity contribution in [3.8, 4) is 23.0 Å². The second kappa shape index (κ2) is 13.8. The number of hydrogen-bond acceptors (Lipinski definition) is 9. The number of carbonyl (C=O) groups excluding carboxylic acids is 1. The van der Waals surface area contributed by atoms with Crippen molar-refractivity contribution in [2.24, 2.45) is 4.99 Å². The summed E-state index contributed by atoms with van der Waals surface area (Å²) in [6.07, 6.45) is 1.74. The van der Waals surface area contributed by atoms with E-state index in [2.05, 4.69) is 4.99 Å². The Hall–Kier alpha value is -4.90. The Balaban J connectivity index is 1.59. The van der Waals surface area contributed by atoms with Crippen LogP contribution in [0, 0.1) is 5.82 Å². The highest BCUT2D eigenvalue weighted by molar-refractivity contribution is 7.07. The predicted molar refractivity (Wildman–Crippen MR) is 168 cm³/mol. The molecule has 3 aromatic carbocycles. The Labute approximate surface area is 263 Å². The number of fused-ring (bicyclic) bond motifs is 1. The number of ether oxygens (including phenoxy) is 5. The molecule has 11 heteroatoms. The molecule has 0 saturated heterocycles. The number of nitrogens with zero attached hydrogens (tertiary/aromatic N) is 2. The van der Waals surface area contributed by atoms with Gasteiger partial charge >= 0.3 is 5.97 Å². The van der Waals surface area contributed by atoms with Gasteiger partial charge in [-0.25, -0.2) is 14.2 Å². The van der Waals surface area contributed by atoms with Crippen molar-refractivity contribution >= 4 is 23.4 Å². The van der Waals surface area contributed by atoms with Crippen LogP contribution in [0.3, 0.4) is 0 Å². The maximum atomic E-state index is 14.1. The molecule has 0 N–H and O–H groups in total. The van der Waals surface area contributed by atoms with Crippen LogP contribution in [0.1, 0.15) is 43.5 Å². The number of esters is 1. The Kier molecular flexibility index (Phi) is 9.68. The minimum atomic E-state index is -0.865. The lowest BCUT2D eigenvalue weighted by Gasteiger charge is -2.26. The van der Waals surface area contributed by atoms with Crippen LogP contribution in [0.25, 0.3) is 6.08 Å². The predicted octanol–water partition coefficient (Wildman–Crippen LogP) is 4.93. The molecule has 1 aliphatic rings. The lowest BCUT2D eigenvalue weighted by atomic mass is 9.94. The molecular formula is C34H33FN2O7S. The molecule has 234 valence electrons. The number of hydrogen-bond donors (Lipinski definition) is 0. The zero-order valence-corrected chi connectivity index (χ0v) is 26.4. The summed E-state index contributed by atoms with van der Waals surface area (Å²) in [5.74, 6) is 0.987. The summed E-state index contributed by atoms with van der Waals surface area (Å²) in [6, 6.07) is 15.9. The van der Waals surface area contributed by atoms with Crippen LogP contribution in [0.2, 0.25) is 0 Å². The van der Waals surface area contributed by atoms with Crippen LogP contribution in [-0.4, -0.2) is 38.0 Å². The van der Waals surface area contributed by atoms with Crippen molar-refractivity contribution in [2.75, 3.05) is 27.4 Å². The van der Waals surface area contributed by atoms with Gasteiger partial charge in [0.1, 0.15) is 18.5 Å². The minimum absolute atomic E-state index is 0.161. The van der Waals surface area contributed by atoms with Gasteiger partial charge in [-0.2, -0.15) is 0 Å². The van der Waals surface area contributed by atoms with Gasteiger partial charge in [0.2, 0.25) is 0 Å². The normalized spacial score (nSPS) is 14.4. The number of benzene rings is 3. The maximum Gasteiger partial charge on any atom is 0.338 e. The molecule has 0 saturated carbocycles. The van der Waals surface area contributed by atoms with E-state index in [0.717, 1.165) is 5.56 Å². The number of carbonyl (C=O) groups is 1. The monoisotopic (exact) mass is 632 g/mol. The first-order valence-corrected chi connectivity index (χ1v) is 15.2. The van der Waals surface area contributed by atoms with Gasteiger partial charge in [0, 0.05) is 5.56 Å². The molecule has 45 heavy (non-hydrogen) atoms. The molecule has 0 spiro atoms. The standard InChI is InChI=1S/C34H33FN2O7S/c1-6-42-31-24(9-8-10-26(31)40-4)30-29(33(39)43-7-2)20(3)36-34-37(30)32(38)28(45-34)18-22-13-16-25(27(17-22)41-5)44-19-21-11-14-23(35)15-12-21/h8-18,30H,6-7,19H2,1-5H3/b28-18-/t30-/m1/s1. The Morgan fingerprint density at radius 1 is 0.978 bits per heavy atom. The van der Waals surface area contributed by atoms with Crippen LogP contribution in [-0.2, 0) is 16.1 Å². The van der Waals surface area contributed by atoms with Gasteiger partial charge in [-0.05, 0) is 68.3 Å². The number of thiazole rings is 1. The molecule has 0 fully saturated rings. The summed E-state index contributed by atoms with van der Waals surface area (Å²) in [6.45, 7) is 6.04. The third-order valence-electron chi connectivity index (χ3n) is 7.12. The van der Waals surface area contributed by atoms with Crippen molar-refractivity contribution in [3.63, 3.8) is 0 Å². The quantitative estimate of drug-likeness (QED) is 0.216. The van der Waals surface area contributed by atoms with Crippen LogP contribution < -0.4 is 33.8 Å². The number of methoxy groups -OCH3 is 2. The van der Waals surface area contributed by atoms with E-state index in [0.29, 0.717) is 55.8 Å². The largest absolute Gasteiger partial charge is 0.493 e. The van der Waals surface area contributed by atoms with E-state index >= 15 is 0 Å². The Morgan fingerprint density at radius 2 is 1.73 bits per heavy atom. The first-order chi connectivity index (χ1) is 21.8. The minimum Gasteiger partial charge on any atom is -0.493 e. The van der Waals surface area contributed by atoms with Crippen molar-refractivity contribution < 1.29 is 32.9 Å². The molecule has 0 unspecified atom stereocenters. The summed E-state index contributed by atoms with van der Waals surface area (Å²) in [5, 5.41) is 0. The van der Waals surface area contributed by atoms with Gasteiger partial charge in [0.05, 0.1) is 43.2 Å². The van der Waals surface area contributed by atoms with Gasteiger partial charge in [0.15, 0.2) is 27.8 Å². The van der Waals surface area contributed by atoms with Crippen LogP contribution in [0.15, 0.2) is 81.7 Å². The average Bonchev–Trinajstić information content (AvgIpc) is 3.34. The summed E-state index contributed by atoms with van der Waals surface area (Å²) >= 11 is 1.21. The van der Waals surface area contributed by atoms with Crippen molar-refractivity contribution in [3.05, 3.63) is 114 Å². The Bertz CT molecular complexity index is 1930. The van der Waals surface area contributed by atoms with E-state index in [-0.39, 0.29) is 30.2 Å². The van der Waals surface area contributed by atoms with E-state index in [1.165, 1.54) is 42.3 Å². The Morgan fingerprint density at radius 3 is 2.42 bits per heavy atom.